The smallest absolute Gasteiger partial charge is 0.270 e. The molecule has 1 fully saturated rings. The molecule has 0 radical (unpaired) electrons. The molecule has 1 aliphatic heterocycles. The molecule has 26 heavy (non-hydrogen) atoms. The SMILES string of the molecule is COc1cc(/C=C2\SC(=S)N(c3ccc(Br)c(Cl)c3)C2=O)c(Br)cc1O. The molecule has 0 atom stereocenters. The summed E-state index contributed by atoms with van der Waals surface area (Å²) in [7, 11) is 1.46. The van der Waals surface area contributed by atoms with Crippen molar-refractivity contribution >= 4 is 89.4 Å². The van der Waals surface area contributed by atoms with Crippen LogP contribution < -0.4 is 9.64 Å². The molecule has 1 saturated heterocycles. The number of amides is 1. The van der Waals surface area contributed by atoms with Crippen LogP contribution >= 0.6 is 67.4 Å². The third kappa shape index (κ3) is 3.80. The molecule has 2 aromatic carbocycles. The van der Waals surface area contributed by atoms with Gasteiger partial charge in [0.25, 0.3) is 5.91 Å². The number of phenolic OH excluding ortho intramolecular Hbond substituents is 1. The van der Waals surface area contributed by atoms with Gasteiger partial charge in [-0.3, -0.25) is 9.69 Å². The highest BCUT2D eigenvalue weighted by atomic mass is 79.9. The largest absolute Gasteiger partial charge is 0.504 e. The lowest BCUT2D eigenvalue weighted by atomic mass is 10.2. The van der Waals surface area contributed by atoms with E-state index in [0.29, 0.717) is 35.7 Å². The number of hydrogen-bond acceptors (Lipinski definition) is 5. The first-order chi connectivity index (χ1) is 12.3. The van der Waals surface area contributed by atoms with Crippen LogP contribution in [-0.2, 0) is 4.79 Å². The zero-order valence-electron chi connectivity index (χ0n) is 13.1. The highest BCUT2D eigenvalue weighted by Gasteiger charge is 2.33. The lowest BCUT2D eigenvalue weighted by molar-refractivity contribution is -0.113. The van der Waals surface area contributed by atoms with Crippen molar-refractivity contribution in [1.82, 2.24) is 0 Å². The molecular formula is C17H10Br2ClNO3S2. The number of phenols is 1. The molecule has 0 saturated carbocycles. The molecule has 9 heteroatoms. The average Bonchev–Trinajstić information content (AvgIpc) is 2.86. The maximum Gasteiger partial charge on any atom is 0.270 e. The predicted molar refractivity (Wildman–Crippen MR) is 117 cm³/mol. The summed E-state index contributed by atoms with van der Waals surface area (Å²) in [5.41, 5.74) is 1.29. The lowest BCUT2D eigenvalue weighted by Crippen LogP contribution is -2.27. The number of thiocarbonyl (C=S) groups is 1. The first-order valence-electron chi connectivity index (χ1n) is 7.11. The maximum atomic E-state index is 12.8. The number of rotatable bonds is 3. The van der Waals surface area contributed by atoms with E-state index < -0.39 is 0 Å². The fourth-order valence-corrected chi connectivity index (χ4v) is 4.45. The third-order valence-electron chi connectivity index (χ3n) is 3.54. The maximum absolute atomic E-state index is 12.8. The Hall–Kier alpha value is -1.06. The van der Waals surface area contributed by atoms with Crippen LogP contribution in [0.4, 0.5) is 5.69 Å². The standard InChI is InChI=1S/C17H10Br2ClNO3S2/c1-24-14-4-8(11(19)7-13(14)22)5-15-16(23)21(17(25)26-15)9-2-3-10(18)12(20)6-9/h2-7,22H,1H3/b15-5-. The number of ether oxygens (including phenoxy) is 1. The van der Waals surface area contributed by atoms with Gasteiger partial charge in [-0.1, -0.05) is 51.5 Å². The van der Waals surface area contributed by atoms with E-state index in [-0.39, 0.29) is 11.7 Å². The average molecular weight is 536 g/mol. The Morgan fingerprint density at radius 3 is 2.65 bits per heavy atom. The third-order valence-corrected chi connectivity index (χ3v) is 6.76. The van der Waals surface area contributed by atoms with Crippen LogP contribution in [0.15, 0.2) is 44.2 Å². The molecule has 0 unspecified atom stereocenters. The summed E-state index contributed by atoms with van der Waals surface area (Å²) < 4.78 is 6.91. The molecular weight excluding hydrogens is 526 g/mol. The van der Waals surface area contributed by atoms with E-state index in [1.165, 1.54) is 29.8 Å². The minimum atomic E-state index is -0.239. The number of hydrogen-bond donors (Lipinski definition) is 1. The van der Waals surface area contributed by atoms with Crippen molar-refractivity contribution < 1.29 is 14.6 Å². The molecule has 1 amide bonds. The van der Waals surface area contributed by atoms with E-state index in [0.717, 1.165) is 4.47 Å². The van der Waals surface area contributed by atoms with Crippen LogP contribution in [0.25, 0.3) is 6.08 Å². The predicted octanol–water partition coefficient (Wildman–Crippen LogP) is 5.99. The van der Waals surface area contributed by atoms with Gasteiger partial charge in [-0.15, -0.1) is 0 Å². The summed E-state index contributed by atoms with van der Waals surface area (Å²) in [6.07, 6.45) is 1.70. The van der Waals surface area contributed by atoms with Gasteiger partial charge in [-0.05, 0) is 57.9 Å². The fraction of sp³-hybridized carbons (Fsp3) is 0.0588. The fourth-order valence-electron chi connectivity index (χ4n) is 2.29. The van der Waals surface area contributed by atoms with E-state index in [1.807, 2.05) is 0 Å². The van der Waals surface area contributed by atoms with Crippen molar-refractivity contribution in [3.05, 3.63) is 54.8 Å². The van der Waals surface area contributed by atoms with E-state index in [1.54, 1.807) is 30.3 Å². The van der Waals surface area contributed by atoms with Crippen molar-refractivity contribution in [2.75, 3.05) is 12.0 Å². The Morgan fingerprint density at radius 2 is 2.00 bits per heavy atom. The molecule has 0 spiro atoms. The van der Waals surface area contributed by atoms with E-state index in [9.17, 15) is 9.90 Å². The van der Waals surface area contributed by atoms with Crippen LogP contribution in [0, 0.1) is 0 Å². The Morgan fingerprint density at radius 1 is 1.27 bits per heavy atom. The molecule has 134 valence electrons. The second-order valence-corrected chi connectivity index (χ2v) is 8.95. The monoisotopic (exact) mass is 533 g/mol. The molecule has 1 aliphatic rings. The summed E-state index contributed by atoms with van der Waals surface area (Å²) >= 11 is 19.4. The van der Waals surface area contributed by atoms with Gasteiger partial charge in [0.15, 0.2) is 15.8 Å². The Kier molecular flexibility index (Phi) is 5.98. The van der Waals surface area contributed by atoms with Crippen molar-refractivity contribution in [2.24, 2.45) is 0 Å². The quantitative estimate of drug-likeness (QED) is 0.387. The molecule has 2 aromatic rings. The number of nitrogens with zero attached hydrogens (tertiary/aromatic N) is 1. The number of aromatic hydroxyl groups is 1. The van der Waals surface area contributed by atoms with E-state index in [2.05, 4.69) is 31.9 Å². The first-order valence-corrected chi connectivity index (χ1v) is 10.3. The summed E-state index contributed by atoms with van der Waals surface area (Å²) in [6, 6.07) is 8.37. The second kappa shape index (κ2) is 7.90. The number of benzene rings is 2. The summed E-state index contributed by atoms with van der Waals surface area (Å²) in [6.45, 7) is 0. The van der Waals surface area contributed by atoms with Crippen LogP contribution in [0.5, 0.6) is 11.5 Å². The second-order valence-electron chi connectivity index (χ2n) is 5.16. The van der Waals surface area contributed by atoms with Crippen LogP contribution in [0.1, 0.15) is 5.56 Å². The lowest BCUT2D eigenvalue weighted by Gasteiger charge is -2.15. The van der Waals surface area contributed by atoms with Gasteiger partial charge in [0, 0.05) is 8.95 Å². The number of methoxy groups -OCH3 is 1. The van der Waals surface area contributed by atoms with Gasteiger partial charge in [0.05, 0.1) is 22.7 Å². The van der Waals surface area contributed by atoms with Crippen LogP contribution in [0.2, 0.25) is 5.02 Å². The molecule has 0 aliphatic carbocycles. The van der Waals surface area contributed by atoms with Crippen molar-refractivity contribution in [3.8, 4) is 11.5 Å². The van der Waals surface area contributed by atoms with Crippen molar-refractivity contribution in [3.63, 3.8) is 0 Å². The first kappa shape index (κ1) is 19.7. The summed E-state index contributed by atoms with van der Waals surface area (Å²) in [4.78, 5) is 14.7. The number of carbonyl (C=O) groups is 1. The normalized spacial score (nSPS) is 15.8. The number of halogens is 3. The Labute approximate surface area is 181 Å². The van der Waals surface area contributed by atoms with Crippen LogP contribution in [-0.4, -0.2) is 22.4 Å². The van der Waals surface area contributed by atoms with Gasteiger partial charge < -0.3 is 9.84 Å². The Bertz CT molecular complexity index is 965. The van der Waals surface area contributed by atoms with Gasteiger partial charge in [0.1, 0.15) is 0 Å². The van der Waals surface area contributed by atoms with Gasteiger partial charge in [-0.2, -0.15) is 0 Å². The highest BCUT2D eigenvalue weighted by molar-refractivity contribution is 9.10. The topological polar surface area (TPSA) is 49.8 Å². The number of anilines is 1. The zero-order chi connectivity index (χ0) is 19.0. The number of carbonyl (C=O) groups excluding carboxylic acids is 1. The van der Waals surface area contributed by atoms with Gasteiger partial charge >= 0.3 is 0 Å². The van der Waals surface area contributed by atoms with E-state index in [4.69, 9.17) is 28.6 Å². The molecule has 0 aromatic heterocycles. The molecule has 1 N–H and O–H groups in total. The molecule has 3 rings (SSSR count). The minimum Gasteiger partial charge on any atom is -0.504 e. The van der Waals surface area contributed by atoms with Gasteiger partial charge in [0.2, 0.25) is 0 Å². The van der Waals surface area contributed by atoms with Crippen LogP contribution in [0.3, 0.4) is 0 Å². The van der Waals surface area contributed by atoms with Crippen molar-refractivity contribution in [1.29, 1.82) is 0 Å². The minimum absolute atomic E-state index is 0.00794. The number of thioether (sulfide) groups is 1. The summed E-state index contributed by atoms with van der Waals surface area (Å²) in [5.74, 6) is 0.0838. The van der Waals surface area contributed by atoms with Gasteiger partial charge in [-0.25, -0.2) is 0 Å². The van der Waals surface area contributed by atoms with E-state index >= 15 is 0 Å². The molecule has 0 bridgehead atoms. The Balaban J connectivity index is 1.98. The molecule has 1 heterocycles. The summed E-state index contributed by atoms with van der Waals surface area (Å²) in [5, 5.41) is 10.3. The molecule has 4 nitrogen and oxygen atoms in total. The highest BCUT2D eigenvalue weighted by Crippen LogP contribution is 2.40. The zero-order valence-corrected chi connectivity index (χ0v) is 18.7. The van der Waals surface area contributed by atoms with Crippen molar-refractivity contribution in [2.45, 2.75) is 0 Å².